The first kappa shape index (κ1) is 34.4. The highest BCUT2D eigenvalue weighted by Crippen LogP contribution is 2.41. The Bertz CT molecular complexity index is 972. The van der Waals surface area contributed by atoms with Crippen LogP contribution in [0.2, 0.25) is 0 Å². The molecule has 0 spiro atoms. The molecule has 0 bridgehead atoms. The Morgan fingerprint density at radius 1 is 0.625 bits per heavy atom. The van der Waals surface area contributed by atoms with Gasteiger partial charge in [0.2, 0.25) is 0 Å². The van der Waals surface area contributed by atoms with Crippen LogP contribution < -0.4 is 0 Å². The van der Waals surface area contributed by atoms with Crippen LogP contribution >= 0.6 is 0 Å². The fourth-order valence-electron chi connectivity index (χ4n) is 6.46. The van der Waals surface area contributed by atoms with E-state index in [1.54, 1.807) is 0 Å². The molecule has 2 saturated heterocycles. The van der Waals surface area contributed by atoms with Crippen LogP contribution in [0.5, 0.6) is 0 Å². The molecule has 2 fully saturated rings. The lowest BCUT2D eigenvalue weighted by molar-refractivity contribution is -0.311. The molecule has 2 heterocycles. The molecule has 2 atom stereocenters. The number of hydrogen-bond acceptors (Lipinski definition) is 5. The van der Waals surface area contributed by atoms with Gasteiger partial charge in [-0.2, -0.15) is 10.1 Å². The molecule has 0 saturated carbocycles. The van der Waals surface area contributed by atoms with E-state index in [1.807, 2.05) is 36.4 Å². The van der Waals surface area contributed by atoms with E-state index in [0.29, 0.717) is 0 Å². The summed E-state index contributed by atoms with van der Waals surface area (Å²) in [6, 6.07) is 20.4. The van der Waals surface area contributed by atoms with Crippen LogP contribution in [-0.2, 0) is 9.68 Å². The molecule has 2 aromatic rings. The van der Waals surface area contributed by atoms with E-state index in [0.717, 1.165) is 18.4 Å². The average Bonchev–Trinajstić information content (AvgIpc) is 2.87. The standard InChI is InChI=1S/C17H27NO2.C17H27NO.CH4/c1-16(2)11-8-12-17(3,4)18(16)20-15(13-19)14-9-6-5-7-10-14;1-14(15-10-7-6-8-11-15)19-18-16(2,3)12-9-13-17(18,4)5;/h5-7,9-10,15,19H,8,11-13H2,1-4H3;6-8,10-11,14H,9,12-13H2,1-5H3;1H4. The van der Waals surface area contributed by atoms with Gasteiger partial charge in [0, 0.05) is 22.2 Å². The van der Waals surface area contributed by atoms with Gasteiger partial charge in [-0.15, -0.1) is 0 Å². The van der Waals surface area contributed by atoms with Crippen LogP contribution in [-0.4, -0.2) is 44.0 Å². The van der Waals surface area contributed by atoms with Crippen molar-refractivity contribution < 1.29 is 14.8 Å². The van der Waals surface area contributed by atoms with Crippen molar-refractivity contribution in [2.75, 3.05) is 6.61 Å². The predicted octanol–water partition coefficient (Wildman–Crippen LogP) is 9.05. The van der Waals surface area contributed by atoms with Gasteiger partial charge < -0.3 is 5.11 Å². The van der Waals surface area contributed by atoms with Crippen LogP contribution in [0.3, 0.4) is 0 Å². The van der Waals surface area contributed by atoms with E-state index < -0.39 is 0 Å². The normalized spacial score (nSPS) is 23.1. The Kier molecular flexibility index (Phi) is 12.0. The van der Waals surface area contributed by atoms with Crippen LogP contribution in [0.15, 0.2) is 60.7 Å². The molecule has 5 heteroatoms. The number of benzene rings is 2. The minimum Gasteiger partial charge on any atom is -0.393 e. The molecule has 0 radical (unpaired) electrons. The first-order chi connectivity index (χ1) is 18.2. The van der Waals surface area contributed by atoms with Crippen LogP contribution in [0.1, 0.15) is 132 Å². The predicted molar refractivity (Wildman–Crippen MR) is 168 cm³/mol. The van der Waals surface area contributed by atoms with Gasteiger partial charge in [-0.1, -0.05) is 68.1 Å². The van der Waals surface area contributed by atoms with Crippen molar-refractivity contribution >= 4 is 0 Å². The van der Waals surface area contributed by atoms with Gasteiger partial charge in [-0.3, -0.25) is 9.68 Å². The van der Waals surface area contributed by atoms with Crippen molar-refractivity contribution in [3.8, 4) is 0 Å². The van der Waals surface area contributed by atoms with Gasteiger partial charge in [-0.25, -0.2) is 0 Å². The lowest BCUT2D eigenvalue weighted by Crippen LogP contribution is -2.58. The van der Waals surface area contributed by atoms with E-state index >= 15 is 0 Å². The van der Waals surface area contributed by atoms with Crippen molar-refractivity contribution in [2.24, 2.45) is 0 Å². The molecule has 4 rings (SSSR count). The molecular weight excluding hydrogens is 496 g/mol. The topological polar surface area (TPSA) is 45.2 Å². The summed E-state index contributed by atoms with van der Waals surface area (Å²) in [4.78, 5) is 12.6. The number of hydroxylamine groups is 4. The van der Waals surface area contributed by atoms with Crippen molar-refractivity contribution in [3.63, 3.8) is 0 Å². The Hall–Kier alpha value is -1.76. The Labute approximate surface area is 245 Å². The second-order valence-electron chi connectivity index (χ2n) is 13.9. The van der Waals surface area contributed by atoms with Gasteiger partial charge in [0.1, 0.15) is 12.2 Å². The summed E-state index contributed by atoms with van der Waals surface area (Å²) in [7, 11) is 0. The first-order valence-electron chi connectivity index (χ1n) is 14.8. The second kappa shape index (κ2) is 13.9. The molecular formula is C35H58N2O3. The largest absolute Gasteiger partial charge is 0.393 e. The van der Waals surface area contributed by atoms with E-state index in [1.165, 1.54) is 31.2 Å². The SMILES string of the molecule is C.CC(ON1C(C)(C)CCCC1(C)C)c1ccccc1.CC1(C)CCCC(C)(C)N1OC(CO)c1ccccc1. The minimum absolute atomic E-state index is 0. The van der Waals surface area contributed by atoms with Gasteiger partial charge in [0.15, 0.2) is 0 Å². The highest BCUT2D eigenvalue weighted by molar-refractivity contribution is 5.18. The Morgan fingerprint density at radius 2 is 0.975 bits per heavy atom. The summed E-state index contributed by atoms with van der Waals surface area (Å²) in [5, 5.41) is 14.0. The summed E-state index contributed by atoms with van der Waals surface area (Å²) in [5.74, 6) is 0. The van der Waals surface area contributed by atoms with E-state index in [9.17, 15) is 5.11 Å². The molecule has 2 aromatic carbocycles. The quantitative estimate of drug-likeness (QED) is 0.370. The zero-order chi connectivity index (χ0) is 28.9. The van der Waals surface area contributed by atoms with Gasteiger partial charge in [-0.05, 0) is 112 Å². The Balaban J connectivity index is 0.000000274. The zero-order valence-electron chi connectivity index (χ0n) is 26.0. The van der Waals surface area contributed by atoms with Crippen LogP contribution in [0.25, 0.3) is 0 Å². The summed E-state index contributed by atoms with van der Waals surface area (Å²) in [5.41, 5.74) is 2.44. The summed E-state index contributed by atoms with van der Waals surface area (Å²) >= 11 is 0. The molecule has 226 valence electrons. The molecule has 1 N–H and O–H groups in total. The monoisotopic (exact) mass is 554 g/mol. The summed E-state index contributed by atoms with van der Waals surface area (Å²) in [6.45, 7) is 20.1. The number of aliphatic hydroxyl groups is 1. The lowest BCUT2D eigenvalue weighted by atomic mass is 9.82. The molecule has 0 aliphatic carbocycles. The third-order valence-corrected chi connectivity index (χ3v) is 8.46. The number of hydrogen-bond donors (Lipinski definition) is 1. The van der Waals surface area contributed by atoms with Crippen molar-refractivity contribution in [3.05, 3.63) is 71.8 Å². The van der Waals surface area contributed by atoms with Crippen LogP contribution in [0, 0.1) is 0 Å². The minimum atomic E-state index is -0.298. The van der Waals surface area contributed by atoms with Gasteiger partial charge >= 0.3 is 0 Å². The average molecular weight is 555 g/mol. The van der Waals surface area contributed by atoms with Gasteiger partial charge in [0.05, 0.1) is 6.61 Å². The molecule has 0 aromatic heterocycles. The maximum Gasteiger partial charge on any atom is 0.127 e. The van der Waals surface area contributed by atoms with E-state index in [4.69, 9.17) is 9.68 Å². The van der Waals surface area contributed by atoms with Crippen LogP contribution in [0.4, 0.5) is 0 Å². The number of rotatable bonds is 7. The van der Waals surface area contributed by atoms with E-state index in [2.05, 4.69) is 96.7 Å². The van der Waals surface area contributed by atoms with Crippen molar-refractivity contribution in [1.29, 1.82) is 0 Å². The highest BCUT2D eigenvalue weighted by Gasteiger charge is 2.44. The fraction of sp³-hybridized carbons (Fsp3) is 0.657. The summed E-state index contributed by atoms with van der Waals surface area (Å²) in [6.07, 6.45) is 6.91. The van der Waals surface area contributed by atoms with Crippen molar-refractivity contribution in [1.82, 2.24) is 10.1 Å². The number of aliphatic hydroxyl groups excluding tert-OH is 1. The molecule has 2 aliphatic rings. The van der Waals surface area contributed by atoms with Crippen molar-refractivity contribution in [2.45, 2.75) is 143 Å². The zero-order valence-corrected chi connectivity index (χ0v) is 26.0. The third-order valence-electron chi connectivity index (χ3n) is 8.46. The number of piperidine rings is 2. The summed E-state index contributed by atoms with van der Waals surface area (Å²) < 4.78 is 0. The Morgan fingerprint density at radius 3 is 1.35 bits per heavy atom. The maximum atomic E-state index is 9.70. The fourth-order valence-corrected chi connectivity index (χ4v) is 6.46. The lowest BCUT2D eigenvalue weighted by Gasteiger charge is -2.52. The van der Waals surface area contributed by atoms with E-state index in [-0.39, 0.29) is 48.4 Å². The highest BCUT2D eigenvalue weighted by atomic mass is 16.7. The number of nitrogens with zero attached hydrogens (tertiary/aromatic N) is 2. The maximum absolute atomic E-state index is 9.70. The molecule has 2 unspecified atom stereocenters. The second-order valence-corrected chi connectivity index (χ2v) is 13.9. The van der Waals surface area contributed by atoms with Gasteiger partial charge in [0.25, 0.3) is 0 Å². The molecule has 40 heavy (non-hydrogen) atoms. The molecule has 0 amide bonds. The first-order valence-corrected chi connectivity index (χ1v) is 14.8. The third kappa shape index (κ3) is 8.62. The molecule has 5 nitrogen and oxygen atoms in total. The smallest absolute Gasteiger partial charge is 0.127 e. The molecule has 2 aliphatic heterocycles.